The Hall–Kier alpha value is -1.96. The van der Waals surface area contributed by atoms with E-state index in [-0.39, 0.29) is 18.1 Å². The summed E-state index contributed by atoms with van der Waals surface area (Å²) in [5.41, 5.74) is 6.45. The van der Waals surface area contributed by atoms with Crippen molar-refractivity contribution >= 4 is 11.6 Å². The minimum Gasteiger partial charge on any atom is -0.396 e. The number of anilines is 1. The fraction of sp³-hybridized carbons (Fsp3) is 0.500. The summed E-state index contributed by atoms with van der Waals surface area (Å²) in [4.78, 5) is 13.7. The van der Waals surface area contributed by atoms with Crippen LogP contribution in [0.1, 0.15) is 30.8 Å². The molecule has 0 aliphatic rings. The number of carbonyl (C=O) groups is 1. The van der Waals surface area contributed by atoms with Gasteiger partial charge in [0, 0.05) is 19.3 Å². The van der Waals surface area contributed by atoms with Crippen LogP contribution in [0.25, 0.3) is 0 Å². The van der Waals surface area contributed by atoms with Crippen LogP contribution in [-0.2, 0) is 6.54 Å². The smallest absolute Gasteiger partial charge is 0.277 e. The van der Waals surface area contributed by atoms with Gasteiger partial charge < -0.3 is 10.6 Å². The van der Waals surface area contributed by atoms with E-state index in [1.54, 1.807) is 15.8 Å². The Morgan fingerprint density at radius 3 is 2.82 bits per heavy atom. The predicted molar refractivity (Wildman–Crippen MR) is 67.3 cm³/mol. The van der Waals surface area contributed by atoms with Crippen LogP contribution in [0.4, 0.5) is 5.69 Å². The number of hydrogen-bond acceptors (Lipinski definition) is 3. The van der Waals surface area contributed by atoms with E-state index in [1.165, 1.54) is 0 Å². The lowest BCUT2D eigenvalue weighted by Gasteiger charge is -2.18. The number of terminal acetylenes is 1. The highest BCUT2D eigenvalue weighted by Gasteiger charge is 2.20. The first-order chi connectivity index (χ1) is 8.13. The molecule has 1 aromatic heterocycles. The number of aromatic nitrogens is 2. The largest absolute Gasteiger partial charge is 0.396 e. The van der Waals surface area contributed by atoms with Crippen molar-refractivity contribution in [3.05, 3.63) is 11.9 Å². The minimum absolute atomic E-state index is 0.200. The molecule has 0 atom stereocenters. The Morgan fingerprint density at radius 2 is 2.35 bits per heavy atom. The summed E-state index contributed by atoms with van der Waals surface area (Å²) in [5, 5.41) is 4.15. The van der Waals surface area contributed by atoms with Crippen molar-refractivity contribution in [2.45, 2.75) is 26.8 Å². The van der Waals surface area contributed by atoms with Crippen molar-refractivity contribution in [1.29, 1.82) is 0 Å². The molecule has 0 radical (unpaired) electrons. The number of carbonyl (C=O) groups excluding carboxylic acids is 1. The fourth-order valence-electron chi connectivity index (χ4n) is 1.55. The molecule has 0 saturated carbocycles. The Morgan fingerprint density at radius 1 is 1.65 bits per heavy atom. The summed E-state index contributed by atoms with van der Waals surface area (Å²) >= 11 is 0. The lowest BCUT2D eigenvalue weighted by Crippen LogP contribution is -2.33. The second-order valence-electron chi connectivity index (χ2n) is 3.72. The molecule has 0 unspecified atom stereocenters. The summed E-state index contributed by atoms with van der Waals surface area (Å²) < 4.78 is 1.64. The van der Waals surface area contributed by atoms with Crippen LogP contribution in [0, 0.1) is 12.3 Å². The van der Waals surface area contributed by atoms with Crippen molar-refractivity contribution in [2.24, 2.45) is 0 Å². The molecular formula is C12H18N4O. The van der Waals surface area contributed by atoms with Gasteiger partial charge in [-0.25, -0.2) is 0 Å². The molecule has 0 spiro atoms. The number of amides is 1. The van der Waals surface area contributed by atoms with Crippen LogP contribution in [0.2, 0.25) is 0 Å². The lowest BCUT2D eigenvalue weighted by molar-refractivity contribution is 0.0771. The second-order valence-corrected chi connectivity index (χ2v) is 3.72. The van der Waals surface area contributed by atoms with Gasteiger partial charge in [0.2, 0.25) is 0 Å². The van der Waals surface area contributed by atoms with E-state index in [2.05, 4.69) is 11.0 Å². The third-order valence-corrected chi connectivity index (χ3v) is 2.38. The SMILES string of the molecule is C#CCN(CCC)C(=O)c1nn(CC)cc1N. The van der Waals surface area contributed by atoms with Gasteiger partial charge in [-0.15, -0.1) is 6.42 Å². The summed E-state index contributed by atoms with van der Waals surface area (Å²) in [6.07, 6.45) is 7.75. The number of nitrogens with two attached hydrogens (primary N) is 1. The standard InChI is InChI=1S/C12H18N4O/c1-4-7-15(8-5-2)12(17)11-10(13)9-16(6-3)14-11/h1,9H,5-8,13H2,2-3H3. The van der Waals surface area contributed by atoms with E-state index in [1.807, 2.05) is 13.8 Å². The summed E-state index contributed by atoms with van der Waals surface area (Å²) in [5.74, 6) is 2.27. The zero-order valence-electron chi connectivity index (χ0n) is 10.3. The van der Waals surface area contributed by atoms with E-state index < -0.39 is 0 Å². The Bertz CT molecular complexity index is 430. The average Bonchev–Trinajstić information content (AvgIpc) is 2.69. The Kier molecular flexibility index (Phi) is 4.58. The average molecular weight is 234 g/mol. The molecule has 0 fully saturated rings. The molecule has 0 aromatic carbocycles. The number of rotatable bonds is 5. The summed E-state index contributed by atoms with van der Waals surface area (Å²) in [6.45, 7) is 5.50. The van der Waals surface area contributed by atoms with Gasteiger partial charge in [-0.2, -0.15) is 5.10 Å². The predicted octanol–water partition coefficient (Wildman–Crippen LogP) is 0.971. The van der Waals surface area contributed by atoms with Gasteiger partial charge >= 0.3 is 0 Å². The third kappa shape index (κ3) is 3.00. The van der Waals surface area contributed by atoms with Gasteiger partial charge in [-0.1, -0.05) is 12.8 Å². The zero-order valence-corrected chi connectivity index (χ0v) is 10.3. The first kappa shape index (κ1) is 13.1. The van der Waals surface area contributed by atoms with Crippen molar-refractivity contribution in [3.8, 4) is 12.3 Å². The highest BCUT2D eigenvalue weighted by molar-refractivity contribution is 5.97. The molecule has 0 aliphatic heterocycles. The highest BCUT2D eigenvalue weighted by atomic mass is 16.2. The van der Waals surface area contributed by atoms with Gasteiger partial charge in [-0.05, 0) is 13.3 Å². The van der Waals surface area contributed by atoms with Crippen molar-refractivity contribution < 1.29 is 4.79 Å². The molecule has 1 heterocycles. The quantitative estimate of drug-likeness (QED) is 0.772. The van der Waals surface area contributed by atoms with Gasteiger partial charge in [0.15, 0.2) is 5.69 Å². The first-order valence-electron chi connectivity index (χ1n) is 5.69. The number of nitrogen functional groups attached to an aromatic ring is 1. The molecule has 92 valence electrons. The van der Waals surface area contributed by atoms with E-state index in [0.29, 0.717) is 18.8 Å². The first-order valence-corrected chi connectivity index (χ1v) is 5.69. The van der Waals surface area contributed by atoms with E-state index >= 15 is 0 Å². The molecule has 17 heavy (non-hydrogen) atoms. The van der Waals surface area contributed by atoms with E-state index in [0.717, 1.165) is 6.42 Å². The zero-order chi connectivity index (χ0) is 12.8. The molecule has 5 heteroatoms. The second kappa shape index (κ2) is 5.94. The maximum Gasteiger partial charge on any atom is 0.277 e. The van der Waals surface area contributed by atoms with Crippen LogP contribution >= 0.6 is 0 Å². The van der Waals surface area contributed by atoms with Gasteiger partial charge in [0.25, 0.3) is 5.91 Å². The van der Waals surface area contributed by atoms with Crippen LogP contribution < -0.4 is 5.73 Å². The fourth-order valence-corrected chi connectivity index (χ4v) is 1.55. The van der Waals surface area contributed by atoms with Gasteiger partial charge in [0.1, 0.15) is 0 Å². The van der Waals surface area contributed by atoms with Crippen molar-refractivity contribution in [2.75, 3.05) is 18.8 Å². The van der Waals surface area contributed by atoms with Crippen molar-refractivity contribution in [1.82, 2.24) is 14.7 Å². The molecule has 2 N–H and O–H groups in total. The van der Waals surface area contributed by atoms with E-state index in [9.17, 15) is 4.79 Å². The maximum absolute atomic E-state index is 12.1. The molecule has 1 rings (SSSR count). The van der Waals surface area contributed by atoms with Crippen LogP contribution in [0.3, 0.4) is 0 Å². The molecule has 1 amide bonds. The topological polar surface area (TPSA) is 64.2 Å². The molecule has 1 aromatic rings. The highest BCUT2D eigenvalue weighted by Crippen LogP contribution is 2.12. The van der Waals surface area contributed by atoms with Crippen LogP contribution in [0.5, 0.6) is 0 Å². The normalized spacial score (nSPS) is 9.94. The maximum atomic E-state index is 12.1. The Labute approximate surface area is 102 Å². The number of aryl methyl sites for hydroxylation is 1. The molecule has 5 nitrogen and oxygen atoms in total. The molecule has 0 bridgehead atoms. The van der Waals surface area contributed by atoms with E-state index in [4.69, 9.17) is 12.2 Å². The summed E-state index contributed by atoms with van der Waals surface area (Å²) in [6, 6.07) is 0. The molecule has 0 saturated heterocycles. The van der Waals surface area contributed by atoms with Gasteiger partial charge in [-0.3, -0.25) is 9.48 Å². The minimum atomic E-state index is -0.200. The lowest BCUT2D eigenvalue weighted by atomic mass is 10.3. The molecule has 0 aliphatic carbocycles. The number of hydrogen-bond donors (Lipinski definition) is 1. The van der Waals surface area contributed by atoms with Crippen LogP contribution in [-0.4, -0.2) is 33.7 Å². The van der Waals surface area contributed by atoms with Gasteiger partial charge in [0.05, 0.1) is 12.2 Å². The third-order valence-electron chi connectivity index (χ3n) is 2.38. The monoisotopic (exact) mass is 234 g/mol. The van der Waals surface area contributed by atoms with Crippen LogP contribution in [0.15, 0.2) is 6.20 Å². The Balaban J connectivity index is 2.92. The van der Waals surface area contributed by atoms with Crippen molar-refractivity contribution in [3.63, 3.8) is 0 Å². The number of nitrogens with zero attached hydrogens (tertiary/aromatic N) is 3. The molecular weight excluding hydrogens is 216 g/mol. The summed E-state index contributed by atoms with van der Waals surface area (Å²) in [7, 11) is 0.